The van der Waals surface area contributed by atoms with Crippen molar-refractivity contribution in [3.8, 4) is 0 Å². The van der Waals surface area contributed by atoms with E-state index in [1.165, 1.54) is 36.4 Å². The molecule has 27 heavy (non-hydrogen) atoms. The third-order valence-electron chi connectivity index (χ3n) is 4.00. The maximum absolute atomic E-state index is 13.0. The molecule has 0 spiro atoms. The number of rotatable bonds is 3. The third-order valence-corrected chi connectivity index (χ3v) is 5.63. The molecule has 0 aromatic heterocycles. The highest BCUT2D eigenvalue weighted by atomic mass is 35.5. The minimum absolute atomic E-state index is 0.197. The van der Waals surface area contributed by atoms with Gasteiger partial charge in [0.15, 0.2) is 9.84 Å². The number of amides is 1. The minimum Gasteiger partial charge on any atom is -0.300 e. The largest absolute Gasteiger partial charge is 0.416 e. The van der Waals surface area contributed by atoms with Crippen molar-refractivity contribution in [2.45, 2.75) is 12.2 Å². The number of benzene rings is 2. The molecule has 0 saturated carbocycles. The zero-order valence-corrected chi connectivity index (χ0v) is 15.2. The monoisotopic (exact) mass is 415 g/mol. The summed E-state index contributed by atoms with van der Waals surface area (Å²) in [7, 11) is -3.48. The Hall–Kier alpha value is -2.32. The molecule has 0 N–H and O–H groups in total. The van der Waals surface area contributed by atoms with Crippen LogP contribution < -0.4 is 4.90 Å². The Balaban J connectivity index is 2.04. The van der Waals surface area contributed by atoms with Crippen LogP contribution in [0.3, 0.4) is 0 Å². The van der Waals surface area contributed by atoms with Crippen molar-refractivity contribution in [1.29, 1.82) is 0 Å². The lowest BCUT2D eigenvalue weighted by Gasteiger charge is -2.28. The maximum atomic E-state index is 13.0. The minimum atomic E-state index is -4.60. The lowest BCUT2D eigenvalue weighted by atomic mass is 10.1. The number of alkyl halides is 3. The normalized spacial score (nSPS) is 18.4. The van der Waals surface area contributed by atoms with Gasteiger partial charge in [-0.2, -0.15) is 13.2 Å². The molecule has 4 nitrogen and oxygen atoms in total. The summed E-state index contributed by atoms with van der Waals surface area (Å²) in [5.74, 6) is -1.09. The molecule has 2 aromatic rings. The van der Waals surface area contributed by atoms with E-state index in [-0.39, 0.29) is 11.3 Å². The van der Waals surface area contributed by atoms with Gasteiger partial charge in [-0.15, -0.1) is 0 Å². The van der Waals surface area contributed by atoms with Gasteiger partial charge in [-0.1, -0.05) is 17.7 Å². The van der Waals surface area contributed by atoms with E-state index < -0.39 is 33.5 Å². The van der Waals surface area contributed by atoms with Crippen molar-refractivity contribution < 1.29 is 26.4 Å². The predicted molar refractivity (Wildman–Crippen MR) is 96.4 cm³/mol. The number of sulfone groups is 1. The summed E-state index contributed by atoms with van der Waals surface area (Å²) in [6.45, 7) is 0. The predicted octanol–water partition coefficient (Wildman–Crippen LogP) is 4.32. The van der Waals surface area contributed by atoms with Gasteiger partial charge in [0.05, 0.1) is 17.4 Å². The summed E-state index contributed by atoms with van der Waals surface area (Å²) >= 11 is 5.85. The van der Waals surface area contributed by atoms with E-state index in [1.807, 2.05) is 0 Å². The van der Waals surface area contributed by atoms with Gasteiger partial charge < -0.3 is 4.90 Å². The third kappa shape index (κ3) is 4.33. The summed E-state index contributed by atoms with van der Waals surface area (Å²) in [4.78, 5) is 14.2. The van der Waals surface area contributed by atoms with Crippen molar-refractivity contribution in [1.82, 2.24) is 0 Å². The second-order valence-corrected chi connectivity index (χ2v) is 8.32. The van der Waals surface area contributed by atoms with Crippen LogP contribution >= 0.6 is 11.6 Å². The molecule has 1 aliphatic heterocycles. The summed E-state index contributed by atoms with van der Waals surface area (Å²) in [5.41, 5.74) is -0.829. The van der Waals surface area contributed by atoms with E-state index in [0.29, 0.717) is 10.7 Å². The number of carbonyl (C=O) groups excluding carboxylic acids is 1. The van der Waals surface area contributed by atoms with E-state index in [9.17, 15) is 26.4 Å². The smallest absolute Gasteiger partial charge is 0.300 e. The Morgan fingerprint density at radius 1 is 1.11 bits per heavy atom. The summed E-state index contributed by atoms with van der Waals surface area (Å²) in [6.07, 6.45) is -3.26. The van der Waals surface area contributed by atoms with Crippen LogP contribution in [0.1, 0.15) is 15.9 Å². The molecule has 2 aromatic carbocycles. The Morgan fingerprint density at radius 2 is 1.78 bits per heavy atom. The van der Waals surface area contributed by atoms with E-state index in [4.69, 9.17) is 11.6 Å². The first-order valence-electron chi connectivity index (χ1n) is 7.74. The van der Waals surface area contributed by atoms with Crippen LogP contribution in [0, 0.1) is 0 Å². The fourth-order valence-electron chi connectivity index (χ4n) is 2.75. The van der Waals surface area contributed by atoms with Gasteiger partial charge >= 0.3 is 6.18 Å². The molecule has 3 rings (SSSR count). The standard InChI is InChI=1S/C18H13ClF3NO3S/c19-14-4-6-15(7-5-14)23(16-8-9-27(25,26)11-16)17(24)12-2-1-3-13(10-12)18(20,21)22/h1-10,16H,11H2. The van der Waals surface area contributed by atoms with Crippen LogP contribution in [0.15, 0.2) is 60.0 Å². The fourth-order valence-corrected chi connectivity index (χ4v) is 4.14. The lowest BCUT2D eigenvalue weighted by Crippen LogP contribution is -2.41. The summed E-state index contributed by atoms with van der Waals surface area (Å²) in [6, 6.07) is 9.21. The van der Waals surface area contributed by atoms with Crippen molar-refractivity contribution in [3.05, 3.63) is 76.2 Å². The average Bonchev–Trinajstić information content (AvgIpc) is 2.95. The van der Waals surface area contributed by atoms with Crippen molar-refractivity contribution in [2.75, 3.05) is 10.7 Å². The van der Waals surface area contributed by atoms with Gasteiger partial charge in [-0.05, 0) is 48.5 Å². The van der Waals surface area contributed by atoms with Crippen LogP contribution in [-0.2, 0) is 16.0 Å². The number of carbonyl (C=O) groups is 1. The molecule has 9 heteroatoms. The van der Waals surface area contributed by atoms with Crippen LogP contribution in [0.5, 0.6) is 0 Å². The van der Waals surface area contributed by atoms with E-state index in [1.54, 1.807) is 0 Å². The van der Waals surface area contributed by atoms with Crippen LogP contribution in [-0.4, -0.2) is 26.1 Å². The Labute approximate surface area is 158 Å². The molecule has 1 unspecified atom stereocenters. The second kappa shape index (κ2) is 7.01. The van der Waals surface area contributed by atoms with E-state index in [0.717, 1.165) is 28.5 Å². The van der Waals surface area contributed by atoms with Gasteiger partial charge in [0.25, 0.3) is 5.91 Å². The number of halogens is 4. The van der Waals surface area contributed by atoms with Crippen LogP contribution in [0.2, 0.25) is 5.02 Å². The second-order valence-electron chi connectivity index (χ2n) is 5.96. The van der Waals surface area contributed by atoms with E-state index >= 15 is 0 Å². The van der Waals surface area contributed by atoms with Gasteiger partial charge in [-0.25, -0.2) is 8.42 Å². The van der Waals surface area contributed by atoms with Crippen LogP contribution in [0.4, 0.5) is 18.9 Å². The SMILES string of the molecule is O=C(c1cccc(C(F)(F)F)c1)N(c1ccc(Cl)cc1)C1C=CS(=O)(=O)C1. The molecular formula is C18H13ClF3NO3S. The molecule has 1 atom stereocenters. The van der Waals surface area contributed by atoms with E-state index in [2.05, 4.69) is 0 Å². The number of nitrogens with zero attached hydrogens (tertiary/aromatic N) is 1. The Kier molecular flexibility index (Phi) is 5.05. The molecule has 1 heterocycles. The zero-order chi connectivity index (χ0) is 19.8. The molecule has 1 amide bonds. The topological polar surface area (TPSA) is 54.5 Å². The quantitative estimate of drug-likeness (QED) is 0.750. The van der Waals surface area contributed by atoms with Crippen molar-refractivity contribution in [3.63, 3.8) is 0 Å². The van der Waals surface area contributed by atoms with Gasteiger partial charge in [0.2, 0.25) is 0 Å². The zero-order valence-electron chi connectivity index (χ0n) is 13.7. The number of hydrogen-bond donors (Lipinski definition) is 0. The van der Waals surface area contributed by atoms with Crippen LogP contribution in [0.25, 0.3) is 0 Å². The molecule has 142 valence electrons. The summed E-state index contributed by atoms with van der Waals surface area (Å²) < 4.78 is 62.5. The summed E-state index contributed by atoms with van der Waals surface area (Å²) in [5, 5.41) is 1.40. The molecule has 1 aliphatic rings. The molecule has 0 radical (unpaired) electrons. The molecular weight excluding hydrogens is 403 g/mol. The Morgan fingerprint density at radius 3 is 2.33 bits per heavy atom. The highest BCUT2D eigenvalue weighted by Gasteiger charge is 2.34. The molecule has 0 aliphatic carbocycles. The fraction of sp³-hybridized carbons (Fsp3) is 0.167. The molecule has 0 fully saturated rings. The van der Waals surface area contributed by atoms with Gasteiger partial charge in [0, 0.05) is 21.7 Å². The first-order valence-corrected chi connectivity index (χ1v) is 9.83. The first kappa shape index (κ1) is 19.4. The maximum Gasteiger partial charge on any atom is 0.416 e. The van der Waals surface area contributed by atoms with Gasteiger partial charge in [0.1, 0.15) is 0 Å². The average molecular weight is 416 g/mol. The Bertz CT molecular complexity index is 1000. The first-order chi connectivity index (χ1) is 12.6. The highest BCUT2D eigenvalue weighted by Crippen LogP contribution is 2.31. The molecule has 0 bridgehead atoms. The lowest BCUT2D eigenvalue weighted by molar-refractivity contribution is -0.137. The van der Waals surface area contributed by atoms with Crippen molar-refractivity contribution in [2.24, 2.45) is 0 Å². The number of anilines is 1. The van der Waals surface area contributed by atoms with Crippen molar-refractivity contribution >= 4 is 33.0 Å². The van der Waals surface area contributed by atoms with Gasteiger partial charge in [-0.3, -0.25) is 4.79 Å². The number of hydrogen-bond acceptors (Lipinski definition) is 3. The highest BCUT2D eigenvalue weighted by molar-refractivity contribution is 7.94. The molecule has 0 saturated heterocycles.